The number of aliphatic carboxylic acids is 1. The number of hydrogen-bond donors (Lipinski definition) is 1. The number of alkyl halides is 6. The second-order valence-corrected chi connectivity index (χ2v) is 10.8. The van der Waals surface area contributed by atoms with Gasteiger partial charge in [-0.3, -0.25) is 13.8 Å². The van der Waals surface area contributed by atoms with E-state index in [0.717, 1.165) is 39.5 Å². The maximum Gasteiger partial charge on any atom is 0.435 e. The van der Waals surface area contributed by atoms with Gasteiger partial charge in [0.1, 0.15) is 11.9 Å². The van der Waals surface area contributed by atoms with E-state index in [1.165, 1.54) is 31.3 Å². The number of rotatable bonds is 7. The van der Waals surface area contributed by atoms with Crippen LogP contribution in [0.5, 0.6) is 5.75 Å². The summed E-state index contributed by atoms with van der Waals surface area (Å²) >= 11 is 0. The minimum atomic E-state index is -4.81. The van der Waals surface area contributed by atoms with Crippen molar-refractivity contribution in [2.24, 2.45) is 7.05 Å². The fraction of sp³-hybridized carbons (Fsp3) is 0.280. The van der Waals surface area contributed by atoms with Crippen molar-refractivity contribution >= 4 is 33.8 Å². The molecule has 0 spiro atoms. The molecule has 1 aromatic heterocycles. The lowest BCUT2D eigenvalue weighted by molar-refractivity contribution is -0.141. The highest BCUT2D eigenvalue weighted by atomic mass is 32.2. The second-order valence-electron chi connectivity index (χ2n) is 8.90. The molecule has 0 bridgehead atoms. The zero-order valence-electron chi connectivity index (χ0n) is 20.6. The second kappa shape index (κ2) is 10.5. The Kier molecular flexibility index (Phi) is 7.62. The molecule has 3 aromatic rings. The fourth-order valence-corrected chi connectivity index (χ4v) is 5.64. The van der Waals surface area contributed by atoms with Gasteiger partial charge in [-0.05, 0) is 42.3 Å². The van der Waals surface area contributed by atoms with E-state index in [1.807, 2.05) is 0 Å². The molecule has 1 atom stereocenters. The number of halogens is 6. The van der Waals surface area contributed by atoms with Crippen LogP contribution in [0.1, 0.15) is 35.2 Å². The highest BCUT2D eigenvalue weighted by molar-refractivity contribution is 7.92. The third kappa shape index (κ3) is 6.24. The average molecular weight is 590 g/mol. The summed E-state index contributed by atoms with van der Waals surface area (Å²) in [6, 6.07) is 7.24. The van der Waals surface area contributed by atoms with Gasteiger partial charge < -0.3 is 9.84 Å². The summed E-state index contributed by atoms with van der Waals surface area (Å²) in [5.74, 6) is -1.15. The smallest absolute Gasteiger partial charge is 0.435 e. The van der Waals surface area contributed by atoms with Crippen LogP contribution >= 0.6 is 0 Å². The van der Waals surface area contributed by atoms with Gasteiger partial charge >= 0.3 is 18.3 Å². The van der Waals surface area contributed by atoms with E-state index in [4.69, 9.17) is 9.84 Å². The quantitative estimate of drug-likeness (QED) is 0.368. The van der Waals surface area contributed by atoms with Gasteiger partial charge in [0.05, 0.1) is 22.7 Å². The number of carboxylic acids is 1. The van der Waals surface area contributed by atoms with Gasteiger partial charge in [0.2, 0.25) is 0 Å². The molecule has 0 aliphatic carbocycles. The van der Waals surface area contributed by atoms with Crippen LogP contribution in [0.15, 0.2) is 53.6 Å². The molecule has 0 unspecified atom stereocenters. The van der Waals surface area contributed by atoms with Crippen LogP contribution in [-0.2, 0) is 34.2 Å². The zero-order chi connectivity index (χ0) is 29.5. The van der Waals surface area contributed by atoms with E-state index < -0.39 is 57.1 Å². The van der Waals surface area contributed by atoms with Crippen LogP contribution in [-0.4, -0.2) is 41.9 Å². The predicted molar refractivity (Wildman–Crippen MR) is 131 cm³/mol. The molecule has 214 valence electrons. The van der Waals surface area contributed by atoms with Gasteiger partial charge in [-0.2, -0.15) is 31.4 Å². The predicted octanol–water partition coefficient (Wildman–Crippen LogP) is 5.45. The van der Waals surface area contributed by atoms with Crippen molar-refractivity contribution in [2.75, 3.05) is 10.8 Å². The first-order valence-electron chi connectivity index (χ1n) is 11.6. The molecule has 0 saturated carbocycles. The molecule has 0 saturated heterocycles. The molecule has 1 aliphatic rings. The molecule has 8 nitrogen and oxygen atoms in total. The van der Waals surface area contributed by atoms with Gasteiger partial charge in [0, 0.05) is 25.2 Å². The fourth-order valence-electron chi connectivity index (χ4n) is 4.09. The van der Waals surface area contributed by atoms with Crippen LogP contribution in [0.2, 0.25) is 0 Å². The number of fused-ring (bicyclic) bond motifs is 1. The lowest BCUT2D eigenvalue weighted by Gasteiger charge is -2.35. The molecule has 0 radical (unpaired) electrons. The van der Waals surface area contributed by atoms with Crippen molar-refractivity contribution in [2.45, 2.75) is 36.2 Å². The number of hydrogen-bond acceptors (Lipinski definition) is 5. The highest BCUT2D eigenvalue weighted by Gasteiger charge is 2.38. The summed E-state index contributed by atoms with van der Waals surface area (Å²) in [4.78, 5) is 10.4. The molecular formula is C25H21F6N3O5S. The normalized spacial score (nSPS) is 16.2. The van der Waals surface area contributed by atoms with E-state index in [9.17, 15) is 39.6 Å². The van der Waals surface area contributed by atoms with Gasteiger partial charge in [0.25, 0.3) is 10.0 Å². The van der Waals surface area contributed by atoms with E-state index in [-0.39, 0.29) is 35.4 Å². The molecule has 2 aromatic carbocycles. The Morgan fingerprint density at radius 3 is 2.48 bits per heavy atom. The minimum absolute atomic E-state index is 0.00620. The Morgan fingerprint density at radius 2 is 1.82 bits per heavy atom. The number of nitrogens with zero attached hydrogens (tertiary/aromatic N) is 3. The number of ether oxygens (including phenoxy) is 1. The zero-order valence-corrected chi connectivity index (χ0v) is 21.4. The van der Waals surface area contributed by atoms with Crippen molar-refractivity contribution < 1.29 is 49.4 Å². The van der Waals surface area contributed by atoms with Gasteiger partial charge in [-0.1, -0.05) is 24.3 Å². The van der Waals surface area contributed by atoms with Crippen molar-refractivity contribution in [3.8, 4) is 5.75 Å². The van der Waals surface area contributed by atoms with E-state index in [1.54, 1.807) is 0 Å². The van der Waals surface area contributed by atoms with Crippen molar-refractivity contribution in [1.82, 2.24) is 9.78 Å². The first-order chi connectivity index (χ1) is 18.6. The van der Waals surface area contributed by atoms with Crippen LogP contribution in [0, 0.1) is 0 Å². The van der Waals surface area contributed by atoms with Gasteiger partial charge in [-0.25, -0.2) is 8.42 Å². The summed E-state index contributed by atoms with van der Waals surface area (Å²) in [6.45, 7) is -0.410. The number of sulfonamides is 1. The third-order valence-electron chi connectivity index (χ3n) is 5.93. The highest BCUT2D eigenvalue weighted by Crippen LogP contribution is 2.40. The Balaban J connectivity index is 1.76. The monoisotopic (exact) mass is 589 g/mol. The van der Waals surface area contributed by atoms with Crippen LogP contribution in [0.25, 0.3) is 12.2 Å². The summed E-state index contributed by atoms with van der Waals surface area (Å²) in [5.41, 5.74) is -2.37. The maximum absolute atomic E-state index is 13.6. The van der Waals surface area contributed by atoms with E-state index >= 15 is 0 Å². The Hall–Kier alpha value is -4.01. The third-order valence-corrected chi connectivity index (χ3v) is 7.70. The largest absolute Gasteiger partial charge is 0.486 e. The number of carbonyl (C=O) groups is 1. The SMILES string of the molecule is Cn1cc(/C=C/c2ccc3c(c2)N(S(=O)(=O)c2cccc(C(F)(F)F)c2)C[C@H](CCC(=O)O)O3)c(C(F)(F)F)n1. The molecule has 1 N–H and O–H groups in total. The molecular weight excluding hydrogens is 568 g/mol. The van der Waals surface area contributed by atoms with Gasteiger partial charge in [-0.15, -0.1) is 0 Å². The summed E-state index contributed by atoms with van der Waals surface area (Å²) in [5, 5.41) is 12.4. The Bertz CT molecular complexity index is 1560. The van der Waals surface area contributed by atoms with E-state index in [2.05, 4.69) is 5.10 Å². The van der Waals surface area contributed by atoms with Crippen LogP contribution in [0.3, 0.4) is 0 Å². The first-order valence-corrected chi connectivity index (χ1v) is 13.0. The summed E-state index contributed by atoms with van der Waals surface area (Å²) in [6.07, 6.45) is -7.32. The molecule has 15 heteroatoms. The molecule has 1 aliphatic heterocycles. The lowest BCUT2D eigenvalue weighted by Crippen LogP contribution is -2.43. The summed E-state index contributed by atoms with van der Waals surface area (Å²) < 4.78 is 115. The maximum atomic E-state index is 13.6. The number of aromatic nitrogens is 2. The molecule has 4 rings (SSSR count). The minimum Gasteiger partial charge on any atom is -0.486 e. The average Bonchev–Trinajstić information content (AvgIpc) is 3.26. The van der Waals surface area contributed by atoms with Crippen molar-refractivity contribution in [1.29, 1.82) is 0 Å². The summed E-state index contributed by atoms with van der Waals surface area (Å²) in [7, 11) is -3.30. The van der Waals surface area contributed by atoms with Crippen LogP contribution < -0.4 is 9.04 Å². The molecule has 2 heterocycles. The van der Waals surface area contributed by atoms with E-state index in [0.29, 0.717) is 6.07 Å². The molecule has 40 heavy (non-hydrogen) atoms. The number of anilines is 1. The first kappa shape index (κ1) is 29.0. The van der Waals surface area contributed by atoms with Crippen molar-refractivity contribution in [3.05, 3.63) is 71.0 Å². The number of aryl methyl sites for hydroxylation is 1. The number of carboxylic acid groups (broad SMARTS) is 1. The molecule has 0 fully saturated rings. The van der Waals surface area contributed by atoms with Crippen LogP contribution in [0.4, 0.5) is 32.0 Å². The van der Waals surface area contributed by atoms with Crippen molar-refractivity contribution in [3.63, 3.8) is 0 Å². The van der Waals surface area contributed by atoms with Gasteiger partial charge in [0.15, 0.2) is 5.69 Å². The Morgan fingerprint density at radius 1 is 1.10 bits per heavy atom. The Labute approximate surface area is 224 Å². The standard InChI is InChI=1S/C25H21F6N3O5S/c1-33-13-16(23(32-33)25(29,30)31)7-5-15-6-9-21-20(11-15)34(14-18(39-21)8-10-22(35)36)40(37,38)19-4-2-3-17(12-19)24(26,27)28/h2-7,9,11-13,18H,8,10,14H2,1H3,(H,35,36)/b7-5+/t18-/m0/s1. The molecule has 0 amide bonds. The number of benzene rings is 2. The lowest BCUT2D eigenvalue weighted by atomic mass is 10.1. The topological polar surface area (TPSA) is 102 Å².